The van der Waals surface area contributed by atoms with Gasteiger partial charge >= 0.3 is 0 Å². The Morgan fingerprint density at radius 3 is 2.73 bits per heavy atom. The summed E-state index contributed by atoms with van der Waals surface area (Å²) in [6.07, 6.45) is 3.23. The van der Waals surface area contributed by atoms with Gasteiger partial charge in [-0.15, -0.1) is 0 Å². The van der Waals surface area contributed by atoms with Gasteiger partial charge in [0.05, 0.1) is 11.5 Å². The van der Waals surface area contributed by atoms with Crippen LogP contribution in [0.3, 0.4) is 0 Å². The number of carbonyl (C=O) groups excluding carboxylic acids is 1. The highest BCUT2D eigenvalue weighted by Gasteiger charge is 2.32. The van der Waals surface area contributed by atoms with E-state index in [1.54, 1.807) is 0 Å². The van der Waals surface area contributed by atoms with Gasteiger partial charge in [0.25, 0.3) is 0 Å². The lowest BCUT2D eigenvalue weighted by Crippen LogP contribution is -2.50. The second-order valence-corrected chi connectivity index (χ2v) is 8.23. The summed E-state index contributed by atoms with van der Waals surface area (Å²) in [5.41, 5.74) is 0.787. The quantitative estimate of drug-likeness (QED) is 0.846. The first kappa shape index (κ1) is 18.9. The Bertz CT molecular complexity index is 762. The maximum atomic E-state index is 13.0. The van der Waals surface area contributed by atoms with Crippen LogP contribution in [0.15, 0.2) is 42.5 Å². The van der Waals surface area contributed by atoms with E-state index >= 15 is 0 Å². The van der Waals surface area contributed by atoms with E-state index in [1.807, 2.05) is 0 Å². The molecule has 2 unspecified atom stereocenters. The number of carbonyl (C=O) groups is 1. The Balaban J connectivity index is 1.77. The summed E-state index contributed by atoms with van der Waals surface area (Å²) in [5, 5.41) is 5.78. The SMILES string of the molecule is CCC(C)N1CCCC(C(=O)NC(C)(C)c2cccc3ccccc23)C1. The topological polar surface area (TPSA) is 32.3 Å². The van der Waals surface area contributed by atoms with Crippen LogP contribution < -0.4 is 5.32 Å². The molecule has 2 aromatic rings. The summed E-state index contributed by atoms with van der Waals surface area (Å²) < 4.78 is 0. The lowest BCUT2D eigenvalue weighted by molar-refractivity contribution is -0.128. The molecular formula is C23H32N2O. The molecule has 1 fully saturated rings. The first-order valence-electron chi connectivity index (χ1n) is 9.96. The van der Waals surface area contributed by atoms with E-state index in [9.17, 15) is 4.79 Å². The van der Waals surface area contributed by atoms with Crippen molar-refractivity contribution in [1.29, 1.82) is 0 Å². The van der Waals surface area contributed by atoms with Gasteiger partial charge < -0.3 is 5.32 Å². The van der Waals surface area contributed by atoms with Crippen molar-refractivity contribution >= 4 is 16.7 Å². The molecule has 0 saturated carbocycles. The lowest BCUT2D eigenvalue weighted by Gasteiger charge is -2.37. The highest BCUT2D eigenvalue weighted by atomic mass is 16.2. The Labute approximate surface area is 157 Å². The fraction of sp³-hybridized carbons (Fsp3) is 0.522. The minimum atomic E-state index is -0.392. The fourth-order valence-electron chi connectivity index (χ4n) is 4.13. The van der Waals surface area contributed by atoms with E-state index in [0.29, 0.717) is 6.04 Å². The smallest absolute Gasteiger partial charge is 0.225 e. The van der Waals surface area contributed by atoms with Crippen LogP contribution in [-0.2, 0) is 10.3 Å². The molecule has 1 aliphatic rings. The van der Waals surface area contributed by atoms with Crippen LogP contribution >= 0.6 is 0 Å². The van der Waals surface area contributed by atoms with Crippen LogP contribution in [0, 0.1) is 5.92 Å². The monoisotopic (exact) mass is 352 g/mol. The van der Waals surface area contributed by atoms with Gasteiger partial charge in [0.2, 0.25) is 5.91 Å². The van der Waals surface area contributed by atoms with Gasteiger partial charge in [-0.3, -0.25) is 9.69 Å². The summed E-state index contributed by atoms with van der Waals surface area (Å²) >= 11 is 0. The molecule has 2 atom stereocenters. The van der Waals surface area contributed by atoms with E-state index in [-0.39, 0.29) is 11.8 Å². The summed E-state index contributed by atoms with van der Waals surface area (Å²) in [7, 11) is 0. The van der Waals surface area contributed by atoms with E-state index in [1.165, 1.54) is 16.3 Å². The minimum absolute atomic E-state index is 0.0898. The molecular weight excluding hydrogens is 320 g/mol. The Morgan fingerprint density at radius 1 is 1.23 bits per heavy atom. The lowest BCUT2D eigenvalue weighted by atomic mass is 9.88. The van der Waals surface area contributed by atoms with Crippen molar-refractivity contribution in [2.45, 2.75) is 58.5 Å². The van der Waals surface area contributed by atoms with Crippen molar-refractivity contribution in [3.63, 3.8) is 0 Å². The van der Waals surface area contributed by atoms with Gasteiger partial charge in [0.15, 0.2) is 0 Å². The highest BCUT2D eigenvalue weighted by Crippen LogP contribution is 2.29. The number of amides is 1. The zero-order chi connectivity index (χ0) is 18.7. The molecule has 3 nitrogen and oxygen atoms in total. The molecule has 0 radical (unpaired) electrons. The number of nitrogens with one attached hydrogen (secondary N) is 1. The second kappa shape index (κ2) is 7.79. The predicted molar refractivity (Wildman–Crippen MR) is 109 cm³/mol. The second-order valence-electron chi connectivity index (χ2n) is 8.23. The number of hydrogen-bond donors (Lipinski definition) is 1. The summed E-state index contributed by atoms with van der Waals surface area (Å²) in [4.78, 5) is 15.5. The number of benzene rings is 2. The van der Waals surface area contributed by atoms with Crippen molar-refractivity contribution in [3.8, 4) is 0 Å². The van der Waals surface area contributed by atoms with Gasteiger partial charge in [0.1, 0.15) is 0 Å². The van der Waals surface area contributed by atoms with Crippen LogP contribution in [0.5, 0.6) is 0 Å². The Morgan fingerprint density at radius 2 is 1.96 bits per heavy atom. The molecule has 1 saturated heterocycles. The molecule has 0 aliphatic carbocycles. The molecule has 0 aromatic heterocycles. The third-order valence-electron chi connectivity index (χ3n) is 5.94. The molecule has 26 heavy (non-hydrogen) atoms. The van der Waals surface area contributed by atoms with E-state index < -0.39 is 5.54 Å². The number of nitrogens with zero attached hydrogens (tertiary/aromatic N) is 1. The van der Waals surface area contributed by atoms with E-state index in [0.717, 1.165) is 32.4 Å². The van der Waals surface area contributed by atoms with Crippen molar-refractivity contribution < 1.29 is 4.79 Å². The summed E-state index contributed by atoms with van der Waals surface area (Å²) in [5.74, 6) is 0.280. The maximum absolute atomic E-state index is 13.0. The van der Waals surface area contributed by atoms with Crippen molar-refractivity contribution in [2.75, 3.05) is 13.1 Å². The standard InChI is InChI=1S/C23H32N2O/c1-5-17(2)25-15-9-12-19(16-25)22(26)24-23(3,4)21-14-8-11-18-10-6-7-13-20(18)21/h6-8,10-11,13-14,17,19H,5,9,12,15-16H2,1-4H3,(H,24,26). The van der Waals surface area contributed by atoms with Crippen LogP contribution in [0.25, 0.3) is 10.8 Å². The first-order chi connectivity index (χ1) is 12.4. The van der Waals surface area contributed by atoms with Crippen molar-refractivity contribution in [3.05, 3.63) is 48.0 Å². The van der Waals surface area contributed by atoms with Crippen LogP contribution in [0.2, 0.25) is 0 Å². The molecule has 1 N–H and O–H groups in total. The molecule has 0 bridgehead atoms. The van der Waals surface area contributed by atoms with Gasteiger partial charge in [-0.25, -0.2) is 0 Å². The summed E-state index contributed by atoms with van der Waals surface area (Å²) in [6.45, 7) is 10.7. The fourth-order valence-corrected chi connectivity index (χ4v) is 4.13. The predicted octanol–water partition coefficient (Wildman–Crippen LogP) is 4.70. The molecule has 2 aromatic carbocycles. The summed E-state index contributed by atoms with van der Waals surface area (Å²) in [6, 6.07) is 15.3. The number of piperidine rings is 1. The van der Waals surface area contributed by atoms with Gasteiger partial charge in [-0.05, 0) is 62.9 Å². The number of hydrogen-bond acceptors (Lipinski definition) is 2. The molecule has 1 heterocycles. The van der Waals surface area contributed by atoms with Crippen LogP contribution in [0.1, 0.15) is 52.5 Å². The zero-order valence-corrected chi connectivity index (χ0v) is 16.6. The average Bonchev–Trinajstić information content (AvgIpc) is 2.66. The Hall–Kier alpha value is -1.87. The Kier molecular flexibility index (Phi) is 5.67. The van der Waals surface area contributed by atoms with E-state index in [2.05, 4.69) is 80.4 Å². The minimum Gasteiger partial charge on any atom is -0.347 e. The van der Waals surface area contributed by atoms with Crippen LogP contribution in [0.4, 0.5) is 0 Å². The molecule has 0 spiro atoms. The third-order valence-corrected chi connectivity index (χ3v) is 5.94. The number of likely N-dealkylation sites (tertiary alicyclic amines) is 1. The first-order valence-corrected chi connectivity index (χ1v) is 9.96. The largest absolute Gasteiger partial charge is 0.347 e. The molecule has 3 heteroatoms. The number of rotatable bonds is 5. The normalized spacial score (nSPS) is 20.1. The highest BCUT2D eigenvalue weighted by molar-refractivity contribution is 5.87. The third kappa shape index (κ3) is 3.93. The zero-order valence-electron chi connectivity index (χ0n) is 16.6. The number of fused-ring (bicyclic) bond motifs is 1. The molecule has 140 valence electrons. The van der Waals surface area contributed by atoms with Crippen molar-refractivity contribution in [2.24, 2.45) is 5.92 Å². The van der Waals surface area contributed by atoms with Crippen molar-refractivity contribution in [1.82, 2.24) is 10.2 Å². The molecule has 1 amide bonds. The van der Waals surface area contributed by atoms with Gasteiger partial charge in [-0.2, -0.15) is 0 Å². The molecule has 1 aliphatic heterocycles. The van der Waals surface area contributed by atoms with Gasteiger partial charge in [0, 0.05) is 12.6 Å². The maximum Gasteiger partial charge on any atom is 0.225 e. The van der Waals surface area contributed by atoms with Gasteiger partial charge in [-0.1, -0.05) is 49.4 Å². The average molecular weight is 353 g/mol. The van der Waals surface area contributed by atoms with E-state index in [4.69, 9.17) is 0 Å². The molecule has 3 rings (SSSR count). The van der Waals surface area contributed by atoms with Crippen LogP contribution in [-0.4, -0.2) is 29.9 Å².